The zero-order valence-electron chi connectivity index (χ0n) is 16.5. The summed E-state index contributed by atoms with van der Waals surface area (Å²) >= 11 is 0. The van der Waals surface area contributed by atoms with Gasteiger partial charge in [-0.15, -0.1) is 0 Å². The number of amides is 1. The number of carbonyl (C=O) groups is 2. The summed E-state index contributed by atoms with van der Waals surface area (Å²) in [5.74, 6) is 5.13. The van der Waals surface area contributed by atoms with Crippen LogP contribution in [0.1, 0.15) is 41.8 Å². The van der Waals surface area contributed by atoms with Crippen LogP contribution in [0, 0.1) is 24.2 Å². The van der Waals surface area contributed by atoms with Gasteiger partial charge in [-0.2, -0.15) is 0 Å². The third-order valence-corrected chi connectivity index (χ3v) is 4.50. The number of benzene rings is 1. The predicted molar refractivity (Wildman–Crippen MR) is 108 cm³/mol. The molecule has 0 saturated carbocycles. The van der Waals surface area contributed by atoms with Crippen LogP contribution in [-0.4, -0.2) is 40.1 Å². The fraction of sp³-hybridized carbons (Fsp3) is 0.333. The van der Waals surface area contributed by atoms with Crippen molar-refractivity contribution in [3.8, 4) is 17.7 Å². The van der Waals surface area contributed by atoms with Crippen molar-refractivity contribution in [1.82, 2.24) is 9.97 Å². The number of nitrogens with two attached hydrogens (primary N) is 1. The molecule has 150 valence electrons. The molecule has 0 radical (unpaired) electrons. The molecule has 1 amide bonds. The Bertz CT molecular complexity index is 1040. The molecule has 2 heterocycles. The summed E-state index contributed by atoms with van der Waals surface area (Å²) in [6.07, 6.45) is 1.23. The highest BCUT2D eigenvalue weighted by Gasteiger charge is 2.28. The molecule has 0 unspecified atom stereocenters. The number of anilines is 2. The number of aromatic nitrogens is 2. The van der Waals surface area contributed by atoms with Crippen molar-refractivity contribution in [2.45, 2.75) is 27.2 Å². The Hall–Kier alpha value is -3.60. The van der Waals surface area contributed by atoms with E-state index in [1.165, 1.54) is 6.33 Å². The van der Waals surface area contributed by atoms with Crippen LogP contribution in [0.25, 0.3) is 0 Å². The minimum absolute atomic E-state index is 0.0394. The summed E-state index contributed by atoms with van der Waals surface area (Å²) in [7, 11) is 0. The third-order valence-electron chi connectivity index (χ3n) is 4.50. The van der Waals surface area contributed by atoms with Gasteiger partial charge in [-0.3, -0.25) is 9.59 Å². The lowest BCUT2D eigenvalue weighted by Gasteiger charge is -2.21. The van der Waals surface area contributed by atoms with Gasteiger partial charge in [0.15, 0.2) is 0 Å². The van der Waals surface area contributed by atoms with Gasteiger partial charge in [0, 0.05) is 16.7 Å². The van der Waals surface area contributed by atoms with Gasteiger partial charge in [-0.25, -0.2) is 9.97 Å². The molecule has 3 rings (SSSR count). The van der Waals surface area contributed by atoms with Crippen LogP contribution in [0.4, 0.5) is 11.5 Å². The number of ether oxygens (including phenoxy) is 1. The van der Waals surface area contributed by atoms with E-state index >= 15 is 0 Å². The molecule has 0 spiro atoms. The molecule has 1 aromatic carbocycles. The first-order chi connectivity index (χ1) is 13.7. The summed E-state index contributed by atoms with van der Waals surface area (Å²) in [4.78, 5) is 33.4. The number of rotatable bonds is 3. The van der Waals surface area contributed by atoms with Gasteiger partial charge in [-0.1, -0.05) is 11.8 Å². The van der Waals surface area contributed by atoms with Gasteiger partial charge >= 0.3 is 5.97 Å². The number of carbonyl (C=O) groups excluding carboxylic acids is 1. The average Bonchev–Trinajstić information content (AvgIpc) is 2.79. The third kappa shape index (κ3) is 4.46. The SMILES string of the molecule is Cc1cc(N2CCOc3ncnc(N)c3C2=O)ccc1C#CC(C)(C)CC(=O)O. The Morgan fingerprint density at radius 1 is 1.38 bits per heavy atom. The van der Waals surface area contributed by atoms with Crippen LogP contribution in [0.3, 0.4) is 0 Å². The quantitative estimate of drug-likeness (QED) is 0.767. The molecule has 1 aliphatic rings. The summed E-state index contributed by atoms with van der Waals surface area (Å²) in [5, 5.41) is 8.99. The van der Waals surface area contributed by atoms with Crippen molar-refractivity contribution in [3.63, 3.8) is 0 Å². The molecule has 0 saturated heterocycles. The lowest BCUT2D eigenvalue weighted by atomic mass is 9.89. The number of fused-ring (bicyclic) bond motifs is 1. The number of carboxylic acid groups (broad SMARTS) is 1. The van der Waals surface area contributed by atoms with Gasteiger partial charge in [0.05, 0.1) is 13.0 Å². The van der Waals surface area contributed by atoms with Crippen LogP contribution >= 0.6 is 0 Å². The molecule has 0 atom stereocenters. The Morgan fingerprint density at radius 2 is 2.14 bits per heavy atom. The normalized spacial score (nSPS) is 13.6. The van der Waals surface area contributed by atoms with Gasteiger partial charge in [0.25, 0.3) is 5.91 Å². The first-order valence-corrected chi connectivity index (χ1v) is 9.09. The molecule has 0 aliphatic carbocycles. The number of nitrogen functional groups attached to an aromatic ring is 1. The topological polar surface area (TPSA) is 119 Å². The van der Waals surface area contributed by atoms with Gasteiger partial charge in [0.2, 0.25) is 5.88 Å². The number of carboxylic acids is 1. The highest BCUT2D eigenvalue weighted by Crippen LogP contribution is 2.28. The van der Waals surface area contributed by atoms with E-state index in [1.807, 2.05) is 19.1 Å². The van der Waals surface area contributed by atoms with Crippen LogP contribution in [0.15, 0.2) is 24.5 Å². The Balaban J connectivity index is 1.90. The van der Waals surface area contributed by atoms with Crippen molar-refractivity contribution in [2.75, 3.05) is 23.8 Å². The standard InChI is InChI=1S/C21H22N4O4/c1-13-10-15(5-4-14(13)6-7-21(2,3)11-16(26)27)25-8-9-29-19-17(20(25)28)18(22)23-12-24-19/h4-5,10,12H,8-9,11H2,1-3H3,(H,26,27)(H2,22,23,24). The van der Waals surface area contributed by atoms with Crippen molar-refractivity contribution < 1.29 is 19.4 Å². The van der Waals surface area contributed by atoms with E-state index in [0.29, 0.717) is 12.2 Å². The maximum atomic E-state index is 13.0. The molecule has 1 aromatic heterocycles. The number of hydrogen-bond donors (Lipinski definition) is 2. The number of aliphatic carboxylic acids is 1. The fourth-order valence-corrected chi connectivity index (χ4v) is 3.02. The summed E-state index contributed by atoms with van der Waals surface area (Å²) < 4.78 is 5.55. The molecule has 29 heavy (non-hydrogen) atoms. The Labute approximate surface area is 168 Å². The second kappa shape index (κ2) is 7.80. The van der Waals surface area contributed by atoms with E-state index in [9.17, 15) is 9.59 Å². The zero-order chi connectivity index (χ0) is 21.2. The Kier molecular flexibility index (Phi) is 5.41. The summed E-state index contributed by atoms with van der Waals surface area (Å²) in [6, 6.07) is 5.47. The second-order valence-electron chi connectivity index (χ2n) is 7.45. The van der Waals surface area contributed by atoms with Crippen molar-refractivity contribution in [3.05, 3.63) is 41.2 Å². The first kappa shape index (κ1) is 20.1. The first-order valence-electron chi connectivity index (χ1n) is 9.09. The minimum Gasteiger partial charge on any atom is -0.481 e. The fourth-order valence-electron chi connectivity index (χ4n) is 3.02. The van der Waals surface area contributed by atoms with Crippen molar-refractivity contribution in [2.24, 2.45) is 5.41 Å². The largest absolute Gasteiger partial charge is 0.481 e. The lowest BCUT2D eigenvalue weighted by Crippen LogP contribution is -2.32. The molecular weight excluding hydrogens is 372 g/mol. The molecule has 8 heteroatoms. The van der Waals surface area contributed by atoms with Crippen molar-refractivity contribution >= 4 is 23.4 Å². The molecule has 1 aliphatic heterocycles. The van der Waals surface area contributed by atoms with Crippen LogP contribution < -0.4 is 15.4 Å². The molecule has 0 fully saturated rings. The highest BCUT2D eigenvalue weighted by molar-refractivity contribution is 6.10. The number of nitrogens with zero attached hydrogens (tertiary/aromatic N) is 3. The lowest BCUT2D eigenvalue weighted by molar-refractivity contribution is -0.138. The molecule has 0 bridgehead atoms. The number of aryl methyl sites for hydroxylation is 1. The second-order valence-corrected chi connectivity index (χ2v) is 7.45. The zero-order valence-corrected chi connectivity index (χ0v) is 16.5. The predicted octanol–water partition coefficient (Wildman–Crippen LogP) is 2.26. The van der Waals surface area contributed by atoms with Crippen LogP contribution in [-0.2, 0) is 4.79 Å². The number of hydrogen-bond acceptors (Lipinski definition) is 6. The minimum atomic E-state index is -0.887. The van der Waals surface area contributed by atoms with E-state index in [2.05, 4.69) is 21.8 Å². The van der Waals surface area contributed by atoms with E-state index in [1.54, 1.807) is 24.8 Å². The van der Waals surface area contributed by atoms with Crippen LogP contribution in [0.2, 0.25) is 0 Å². The smallest absolute Gasteiger partial charge is 0.304 e. The summed E-state index contributed by atoms with van der Waals surface area (Å²) in [5.41, 5.74) is 7.71. The van der Waals surface area contributed by atoms with E-state index < -0.39 is 11.4 Å². The van der Waals surface area contributed by atoms with Gasteiger partial charge in [-0.05, 0) is 44.5 Å². The average molecular weight is 394 g/mol. The molecule has 8 nitrogen and oxygen atoms in total. The van der Waals surface area contributed by atoms with E-state index in [0.717, 1.165) is 11.1 Å². The molecule has 2 aromatic rings. The highest BCUT2D eigenvalue weighted by atomic mass is 16.5. The van der Waals surface area contributed by atoms with E-state index in [4.69, 9.17) is 15.6 Å². The monoisotopic (exact) mass is 394 g/mol. The van der Waals surface area contributed by atoms with Gasteiger partial charge in [0.1, 0.15) is 24.3 Å². The molecular formula is C21H22N4O4. The molecule has 3 N–H and O–H groups in total. The Morgan fingerprint density at radius 3 is 2.83 bits per heavy atom. The van der Waals surface area contributed by atoms with Crippen molar-refractivity contribution in [1.29, 1.82) is 0 Å². The maximum Gasteiger partial charge on any atom is 0.304 e. The van der Waals surface area contributed by atoms with E-state index in [-0.39, 0.29) is 36.2 Å². The van der Waals surface area contributed by atoms with Gasteiger partial charge < -0.3 is 20.5 Å². The summed E-state index contributed by atoms with van der Waals surface area (Å²) in [6.45, 7) is 6.08. The maximum absolute atomic E-state index is 13.0. The van der Waals surface area contributed by atoms with Crippen LogP contribution in [0.5, 0.6) is 5.88 Å².